The van der Waals surface area contributed by atoms with Gasteiger partial charge in [-0.3, -0.25) is 4.79 Å². The highest BCUT2D eigenvalue weighted by atomic mass is 35.5. The minimum absolute atomic E-state index is 0.0581. The minimum Gasteiger partial charge on any atom is -0.496 e. The number of hydrogen-bond acceptors (Lipinski definition) is 2. The van der Waals surface area contributed by atoms with Gasteiger partial charge in [0.25, 0.3) is 0 Å². The van der Waals surface area contributed by atoms with E-state index in [0.717, 1.165) is 49.8 Å². The normalized spacial score (nSPS) is 17.4. The van der Waals surface area contributed by atoms with Crippen molar-refractivity contribution in [1.29, 1.82) is 0 Å². The molecule has 0 atom stereocenters. The van der Waals surface area contributed by atoms with E-state index in [2.05, 4.69) is 0 Å². The monoisotopic (exact) mass is 310 g/mol. The third kappa shape index (κ3) is 4.37. The molecule has 4 heteroatoms. The molecule has 116 valence electrons. The predicted octanol–water partition coefficient (Wildman–Crippen LogP) is 4.71. The quantitative estimate of drug-likeness (QED) is 0.828. The Morgan fingerprint density at radius 2 is 2.05 bits per heavy atom. The standard InChI is InChI=1S/C17H23ClO3/c1-21-15-6-5-14(18)11-13(15)7-10-17(12-16(19)20)8-3-2-4-9-17/h5-6,11H,2-4,7-10,12H2,1H3,(H,19,20). The first kappa shape index (κ1) is 16.2. The Labute approximate surface area is 131 Å². The molecule has 0 radical (unpaired) electrons. The first-order valence-corrected chi connectivity index (χ1v) is 7.97. The van der Waals surface area contributed by atoms with Gasteiger partial charge in [-0.2, -0.15) is 0 Å². The Bertz CT molecular complexity index is 493. The van der Waals surface area contributed by atoms with Gasteiger partial charge < -0.3 is 9.84 Å². The molecule has 0 aromatic heterocycles. The van der Waals surface area contributed by atoms with Crippen LogP contribution in [0.4, 0.5) is 0 Å². The van der Waals surface area contributed by atoms with E-state index in [1.165, 1.54) is 6.42 Å². The molecular weight excluding hydrogens is 288 g/mol. The fraction of sp³-hybridized carbons (Fsp3) is 0.588. The van der Waals surface area contributed by atoms with Crippen molar-refractivity contribution in [2.75, 3.05) is 7.11 Å². The summed E-state index contributed by atoms with van der Waals surface area (Å²) in [5.41, 5.74) is 1.01. The van der Waals surface area contributed by atoms with E-state index >= 15 is 0 Å². The molecule has 2 rings (SSSR count). The number of carboxylic acid groups (broad SMARTS) is 1. The third-order valence-corrected chi connectivity index (χ3v) is 4.84. The van der Waals surface area contributed by atoms with Gasteiger partial charge in [-0.15, -0.1) is 0 Å². The third-order valence-electron chi connectivity index (χ3n) is 4.61. The van der Waals surface area contributed by atoms with Crippen LogP contribution in [0, 0.1) is 5.41 Å². The Hall–Kier alpha value is -1.22. The lowest BCUT2D eigenvalue weighted by atomic mass is 9.68. The van der Waals surface area contributed by atoms with Crippen molar-refractivity contribution in [1.82, 2.24) is 0 Å². The number of ether oxygens (including phenoxy) is 1. The maximum atomic E-state index is 11.2. The van der Waals surface area contributed by atoms with E-state index in [1.807, 2.05) is 18.2 Å². The summed E-state index contributed by atoms with van der Waals surface area (Å²) in [4.78, 5) is 11.2. The lowest BCUT2D eigenvalue weighted by molar-refractivity contribution is -0.140. The first-order valence-electron chi connectivity index (χ1n) is 7.59. The van der Waals surface area contributed by atoms with E-state index < -0.39 is 5.97 Å². The van der Waals surface area contributed by atoms with Gasteiger partial charge >= 0.3 is 5.97 Å². The van der Waals surface area contributed by atoms with Crippen molar-refractivity contribution >= 4 is 17.6 Å². The Kier molecular flexibility index (Phi) is 5.51. The molecule has 0 aliphatic heterocycles. The van der Waals surface area contributed by atoms with Gasteiger partial charge in [0.2, 0.25) is 0 Å². The number of aliphatic carboxylic acids is 1. The summed E-state index contributed by atoms with van der Waals surface area (Å²) in [6, 6.07) is 5.62. The molecule has 21 heavy (non-hydrogen) atoms. The summed E-state index contributed by atoms with van der Waals surface area (Å²) in [7, 11) is 1.65. The maximum Gasteiger partial charge on any atom is 0.303 e. The van der Waals surface area contributed by atoms with Gasteiger partial charge in [0.05, 0.1) is 13.5 Å². The number of carbonyl (C=O) groups is 1. The summed E-state index contributed by atoms with van der Waals surface area (Å²) in [6.45, 7) is 0. The van der Waals surface area contributed by atoms with Gasteiger partial charge in [-0.05, 0) is 54.9 Å². The fourth-order valence-electron chi connectivity index (χ4n) is 3.48. The minimum atomic E-state index is -0.685. The van der Waals surface area contributed by atoms with Crippen LogP contribution < -0.4 is 4.74 Å². The number of methoxy groups -OCH3 is 1. The summed E-state index contributed by atoms with van der Waals surface area (Å²) >= 11 is 6.06. The predicted molar refractivity (Wildman–Crippen MR) is 84.1 cm³/mol. The summed E-state index contributed by atoms with van der Waals surface area (Å²) in [5, 5.41) is 9.92. The maximum absolute atomic E-state index is 11.2. The van der Waals surface area contributed by atoms with Crippen LogP contribution in [-0.4, -0.2) is 18.2 Å². The smallest absolute Gasteiger partial charge is 0.303 e. The SMILES string of the molecule is COc1ccc(Cl)cc1CCC1(CC(=O)O)CCCCC1. The molecule has 0 amide bonds. The highest BCUT2D eigenvalue weighted by Gasteiger charge is 2.34. The average molecular weight is 311 g/mol. The fourth-order valence-corrected chi connectivity index (χ4v) is 3.67. The van der Waals surface area contributed by atoms with Gasteiger partial charge in [-0.25, -0.2) is 0 Å². The van der Waals surface area contributed by atoms with Crippen molar-refractivity contribution in [2.24, 2.45) is 5.41 Å². The van der Waals surface area contributed by atoms with Crippen molar-refractivity contribution in [3.8, 4) is 5.75 Å². The molecule has 1 aromatic rings. The molecule has 0 spiro atoms. The Balaban J connectivity index is 2.11. The van der Waals surface area contributed by atoms with Gasteiger partial charge in [0.15, 0.2) is 0 Å². The van der Waals surface area contributed by atoms with Crippen molar-refractivity contribution in [3.05, 3.63) is 28.8 Å². The van der Waals surface area contributed by atoms with E-state index in [4.69, 9.17) is 16.3 Å². The average Bonchev–Trinajstić information content (AvgIpc) is 2.46. The number of hydrogen-bond donors (Lipinski definition) is 1. The lowest BCUT2D eigenvalue weighted by Gasteiger charge is -2.36. The number of benzene rings is 1. The van der Waals surface area contributed by atoms with Crippen LogP contribution in [0.2, 0.25) is 5.02 Å². The van der Waals surface area contributed by atoms with Crippen LogP contribution in [0.3, 0.4) is 0 Å². The number of halogens is 1. The van der Waals surface area contributed by atoms with Gasteiger partial charge in [0.1, 0.15) is 5.75 Å². The zero-order valence-electron chi connectivity index (χ0n) is 12.5. The van der Waals surface area contributed by atoms with Crippen LogP contribution in [0.15, 0.2) is 18.2 Å². The molecule has 0 saturated heterocycles. The van der Waals surface area contributed by atoms with E-state index in [0.29, 0.717) is 5.02 Å². The summed E-state index contributed by atoms with van der Waals surface area (Å²) in [6.07, 6.45) is 7.51. The highest BCUT2D eigenvalue weighted by Crippen LogP contribution is 2.43. The van der Waals surface area contributed by atoms with E-state index in [9.17, 15) is 9.90 Å². The van der Waals surface area contributed by atoms with Crippen LogP contribution in [0.25, 0.3) is 0 Å². The van der Waals surface area contributed by atoms with Gasteiger partial charge in [-0.1, -0.05) is 30.9 Å². The first-order chi connectivity index (χ1) is 10.0. The van der Waals surface area contributed by atoms with Crippen molar-refractivity contribution in [3.63, 3.8) is 0 Å². The zero-order valence-corrected chi connectivity index (χ0v) is 13.3. The molecule has 1 aliphatic rings. The molecule has 1 aliphatic carbocycles. The van der Waals surface area contributed by atoms with Crippen molar-refractivity contribution in [2.45, 2.75) is 51.4 Å². The van der Waals surface area contributed by atoms with Gasteiger partial charge in [0, 0.05) is 5.02 Å². The Morgan fingerprint density at radius 3 is 2.67 bits per heavy atom. The van der Waals surface area contributed by atoms with Crippen LogP contribution >= 0.6 is 11.6 Å². The summed E-state index contributed by atoms with van der Waals surface area (Å²) < 4.78 is 5.38. The zero-order chi connectivity index (χ0) is 15.3. The van der Waals surface area contributed by atoms with Crippen LogP contribution in [0.1, 0.15) is 50.5 Å². The lowest BCUT2D eigenvalue weighted by Crippen LogP contribution is -2.28. The number of aryl methyl sites for hydroxylation is 1. The topological polar surface area (TPSA) is 46.5 Å². The molecule has 1 aromatic carbocycles. The second kappa shape index (κ2) is 7.17. The molecule has 1 fully saturated rings. The van der Waals surface area contributed by atoms with Crippen LogP contribution in [-0.2, 0) is 11.2 Å². The second-order valence-electron chi connectivity index (χ2n) is 6.09. The molecule has 3 nitrogen and oxygen atoms in total. The molecular formula is C17H23ClO3. The molecule has 0 unspecified atom stereocenters. The Morgan fingerprint density at radius 1 is 1.33 bits per heavy atom. The van der Waals surface area contributed by atoms with E-state index in [-0.39, 0.29) is 11.8 Å². The number of carboxylic acids is 1. The summed E-state index contributed by atoms with van der Waals surface area (Å²) in [5.74, 6) is 0.149. The van der Waals surface area contributed by atoms with Crippen molar-refractivity contribution < 1.29 is 14.6 Å². The highest BCUT2D eigenvalue weighted by molar-refractivity contribution is 6.30. The largest absolute Gasteiger partial charge is 0.496 e. The van der Waals surface area contributed by atoms with Crippen LogP contribution in [0.5, 0.6) is 5.75 Å². The molecule has 0 bridgehead atoms. The second-order valence-corrected chi connectivity index (χ2v) is 6.52. The molecule has 1 N–H and O–H groups in total. The molecule has 0 heterocycles. The van der Waals surface area contributed by atoms with E-state index in [1.54, 1.807) is 7.11 Å². The molecule has 1 saturated carbocycles. The number of rotatable bonds is 6.